The zero-order valence-electron chi connectivity index (χ0n) is 25.4. The molecular weight excluding hydrogens is 592 g/mol. The monoisotopic (exact) mass is 622 g/mol. The van der Waals surface area contributed by atoms with Gasteiger partial charge < -0.3 is 14.1 Å². The van der Waals surface area contributed by atoms with Crippen molar-refractivity contribution < 1.29 is 9.53 Å². The fourth-order valence-corrected chi connectivity index (χ4v) is 6.30. The Morgan fingerprint density at radius 3 is 2.06 bits per heavy atom. The van der Waals surface area contributed by atoms with Gasteiger partial charge in [-0.15, -0.1) is 0 Å². The van der Waals surface area contributed by atoms with Crippen LogP contribution in [0.5, 0.6) is 0 Å². The fraction of sp³-hybridized carbons (Fsp3) is 0.108. The lowest BCUT2D eigenvalue weighted by molar-refractivity contribution is -0.143. The van der Waals surface area contributed by atoms with E-state index in [1.54, 1.807) is 35.0 Å². The number of methoxy groups -OCH3 is 1. The van der Waals surface area contributed by atoms with Crippen LogP contribution in [-0.4, -0.2) is 43.0 Å². The number of pyridine rings is 2. The van der Waals surface area contributed by atoms with Crippen LogP contribution < -0.4 is 16.6 Å². The number of aromatic amines is 1. The van der Waals surface area contributed by atoms with Gasteiger partial charge >= 0.3 is 11.7 Å². The number of hydrogen-bond acceptors (Lipinski definition) is 7. The first-order valence-electron chi connectivity index (χ1n) is 15.1. The van der Waals surface area contributed by atoms with Gasteiger partial charge in [0.2, 0.25) is 0 Å². The van der Waals surface area contributed by atoms with Crippen molar-refractivity contribution in [3.63, 3.8) is 0 Å². The van der Waals surface area contributed by atoms with E-state index in [1.807, 2.05) is 91.0 Å². The molecule has 10 heteroatoms. The molecule has 3 aromatic carbocycles. The predicted octanol–water partition coefficient (Wildman–Crippen LogP) is 4.39. The Bertz CT molecular complexity index is 2220. The number of hydrogen-bond donors (Lipinski definition) is 2. The summed E-state index contributed by atoms with van der Waals surface area (Å²) in [5, 5.41) is 4.05. The van der Waals surface area contributed by atoms with Crippen LogP contribution in [0.15, 0.2) is 144 Å². The summed E-state index contributed by atoms with van der Waals surface area (Å²) < 4.78 is 8.22. The molecule has 47 heavy (non-hydrogen) atoms. The molecule has 0 unspecified atom stereocenters. The number of esters is 1. The molecule has 0 saturated heterocycles. The van der Waals surface area contributed by atoms with E-state index in [1.165, 1.54) is 19.5 Å². The Labute approximate surface area is 269 Å². The van der Waals surface area contributed by atoms with Gasteiger partial charge in [-0.2, -0.15) is 0 Å². The van der Waals surface area contributed by atoms with Crippen molar-refractivity contribution in [2.45, 2.75) is 18.0 Å². The van der Waals surface area contributed by atoms with Gasteiger partial charge in [0.15, 0.2) is 5.65 Å². The number of nitrogens with one attached hydrogen (secondary N) is 2. The summed E-state index contributed by atoms with van der Waals surface area (Å²) in [7, 11) is 1.37. The van der Waals surface area contributed by atoms with Crippen molar-refractivity contribution >= 4 is 22.5 Å². The van der Waals surface area contributed by atoms with Crippen LogP contribution in [-0.2, 0) is 21.5 Å². The molecule has 10 nitrogen and oxygen atoms in total. The summed E-state index contributed by atoms with van der Waals surface area (Å²) in [5.74, 6) is -0.453. The van der Waals surface area contributed by atoms with Crippen molar-refractivity contribution in [3.05, 3.63) is 177 Å². The largest absolute Gasteiger partial charge is 0.468 e. The van der Waals surface area contributed by atoms with Gasteiger partial charge in [0.1, 0.15) is 6.04 Å². The quantitative estimate of drug-likeness (QED) is 0.181. The molecule has 0 aliphatic carbocycles. The van der Waals surface area contributed by atoms with Gasteiger partial charge in [-0.05, 0) is 34.9 Å². The average Bonchev–Trinajstić information content (AvgIpc) is 3.62. The van der Waals surface area contributed by atoms with E-state index in [0.717, 1.165) is 21.3 Å². The third-order valence-electron chi connectivity index (χ3n) is 8.46. The standard InChI is InChI=1S/C37H30N6O4/c1-47-35(45)30(41-37(25-11-5-2-6-12-25,26-13-7-3-8-14-26)27-15-9-4-10-16-27)23-28-17-18-32(33-39-21-22-42(28)33)43-34(44)29-19-20-38-24-31(29)40-36(43)46/h2-22,24,30,41H,23H2,1H3,(H,40,46)/t30-/m0/s1. The van der Waals surface area contributed by atoms with Gasteiger partial charge in [0.25, 0.3) is 5.56 Å². The molecule has 0 amide bonds. The zero-order valence-corrected chi connectivity index (χ0v) is 25.4. The number of nitrogens with zero attached hydrogens (tertiary/aromatic N) is 4. The number of aromatic nitrogens is 5. The van der Waals surface area contributed by atoms with Crippen LogP contribution in [0.3, 0.4) is 0 Å². The number of fused-ring (bicyclic) bond motifs is 2. The second-order valence-corrected chi connectivity index (χ2v) is 11.1. The number of carbonyl (C=O) groups excluding carboxylic acids is 1. The molecule has 7 aromatic rings. The third-order valence-corrected chi connectivity index (χ3v) is 8.46. The highest BCUT2D eigenvalue weighted by atomic mass is 16.5. The Balaban J connectivity index is 1.37. The van der Waals surface area contributed by atoms with Gasteiger partial charge in [0, 0.05) is 30.7 Å². The van der Waals surface area contributed by atoms with Crippen LogP contribution in [0.25, 0.3) is 22.2 Å². The van der Waals surface area contributed by atoms with Gasteiger partial charge in [-0.3, -0.25) is 19.9 Å². The Morgan fingerprint density at radius 2 is 1.47 bits per heavy atom. The van der Waals surface area contributed by atoms with Gasteiger partial charge in [-0.1, -0.05) is 91.0 Å². The van der Waals surface area contributed by atoms with E-state index in [4.69, 9.17) is 4.74 Å². The summed E-state index contributed by atoms with van der Waals surface area (Å²) in [6, 6.07) is 34.2. The minimum absolute atomic E-state index is 0.197. The van der Waals surface area contributed by atoms with Crippen LogP contribution >= 0.6 is 0 Å². The van der Waals surface area contributed by atoms with Gasteiger partial charge in [-0.25, -0.2) is 14.3 Å². The highest BCUT2D eigenvalue weighted by Crippen LogP contribution is 2.37. The lowest BCUT2D eigenvalue weighted by Crippen LogP contribution is -2.53. The van der Waals surface area contributed by atoms with Crippen molar-refractivity contribution in [2.75, 3.05) is 7.11 Å². The summed E-state index contributed by atoms with van der Waals surface area (Å²) in [5.41, 5.74) is 2.54. The van der Waals surface area contributed by atoms with Crippen molar-refractivity contribution in [1.82, 2.24) is 29.2 Å². The van der Waals surface area contributed by atoms with Crippen molar-refractivity contribution in [3.8, 4) is 5.69 Å². The SMILES string of the molecule is COC(=O)[C@H](Cc1ccc(-n2c(=O)[nH]c3cnccc3c2=O)c2nccn12)NC(c1ccccc1)(c1ccccc1)c1ccccc1. The zero-order chi connectivity index (χ0) is 32.4. The first kappa shape index (κ1) is 29.6. The van der Waals surface area contributed by atoms with E-state index in [-0.39, 0.29) is 6.42 Å². The lowest BCUT2D eigenvalue weighted by Gasteiger charge is -2.39. The van der Waals surface area contributed by atoms with Crippen LogP contribution in [0.4, 0.5) is 0 Å². The number of rotatable bonds is 9. The van der Waals surface area contributed by atoms with E-state index in [2.05, 4.69) is 20.3 Å². The van der Waals surface area contributed by atoms with E-state index in [9.17, 15) is 14.4 Å². The van der Waals surface area contributed by atoms with E-state index >= 15 is 0 Å². The molecule has 1 atom stereocenters. The molecule has 0 radical (unpaired) electrons. The second kappa shape index (κ2) is 12.3. The Kier molecular flexibility index (Phi) is 7.76. The number of benzene rings is 3. The maximum atomic E-state index is 13.7. The molecule has 0 aliphatic heterocycles. The Morgan fingerprint density at radius 1 is 0.851 bits per heavy atom. The normalized spacial score (nSPS) is 12.3. The molecule has 7 rings (SSSR count). The number of ether oxygens (including phenoxy) is 1. The maximum absolute atomic E-state index is 13.7. The fourth-order valence-electron chi connectivity index (χ4n) is 6.30. The Hall–Kier alpha value is -6.13. The molecular formula is C37H30N6O4. The minimum Gasteiger partial charge on any atom is -0.468 e. The molecule has 4 heterocycles. The summed E-state index contributed by atoms with van der Waals surface area (Å²) >= 11 is 0. The highest BCUT2D eigenvalue weighted by Gasteiger charge is 2.40. The number of imidazole rings is 1. The third kappa shape index (κ3) is 5.20. The molecule has 0 aliphatic rings. The molecule has 4 aromatic heterocycles. The topological polar surface area (TPSA) is 123 Å². The molecule has 2 N–H and O–H groups in total. The summed E-state index contributed by atoms with van der Waals surface area (Å²) in [6.45, 7) is 0. The number of carbonyl (C=O) groups is 1. The van der Waals surface area contributed by atoms with Crippen molar-refractivity contribution in [1.29, 1.82) is 0 Å². The average molecular weight is 623 g/mol. The predicted molar refractivity (Wildman–Crippen MR) is 179 cm³/mol. The van der Waals surface area contributed by atoms with E-state index < -0.39 is 28.8 Å². The number of H-pyrrole nitrogens is 1. The van der Waals surface area contributed by atoms with Crippen LogP contribution in [0.1, 0.15) is 22.4 Å². The second-order valence-electron chi connectivity index (χ2n) is 11.1. The smallest absolute Gasteiger partial charge is 0.333 e. The first-order chi connectivity index (χ1) is 23.0. The molecule has 0 spiro atoms. The molecule has 0 fully saturated rings. The van der Waals surface area contributed by atoms with Crippen LogP contribution in [0, 0.1) is 0 Å². The molecule has 232 valence electrons. The molecule has 0 bridgehead atoms. The maximum Gasteiger partial charge on any atom is 0.333 e. The first-order valence-corrected chi connectivity index (χ1v) is 15.1. The summed E-state index contributed by atoms with van der Waals surface area (Å²) in [4.78, 5) is 51.5. The van der Waals surface area contributed by atoms with E-state index in [0.29, 0.717) is 27.9 Å². The van der Waals surface area contributed by atoms with Gasteiger partial charge in [0.05, 0.1) is 35.4 Å². The lowest BCUT2D eigenvalue weighted by atomic mass is 9.76. The highest BCUT2D eigenvalue weighted by molar-refractivity contribution is 5.78. The summed E-state index contributed by atoms with van der Waals surface area (Å²) in [6.07, 6.45) is 6.47. The van der Waals surface area contributed by atoms with Crippen LogP contribution in [0.2, 0.25) is 0 Å². The van der Waals surface area contributed by atoms with Crippen molar-refractivity contribution in [2.24, 2.45) is 0 Å². The molecule has 0 saturated carbocycles. The minimum atomic E-state index is -0.933.